The van der Waals surface area contributed by atoms with Gasteiger partial charge in [-0.3, -0.25) is 9.98 Å². The zero-order valence-electron chi connectivity index (χ0n) is 13.6. The Morgan fingerprint density at radius 2 is 2.13 bits per heavy atom. The first-order valence-electron chi connectivity index (χ1n) is 7.73. The molecule has 2 aromatic rings. The molecule has 23 heavy (non-hydrogen) atoms. The lowest BCUT2D eigenvalue weighted by molar-refractivity contribution is 0.243. The van der Waals surface area contributed by atoms with E-state index in [9.17, 15) is 0 Å². The van der Waals surface area contributed by atoms with Crippen molar-refractivity contribution in [1.82, 2.24) is 4.98 Å². The topological polar surface area (TPSA) is 34.5 Å². The molecule has 0 fully saturated rings. The zero-order chi connectivity index (χ0) is 16.5. The number of aliphatic imine (C=N–C) groups is 1. The maximum Gasteiger partial charge on any atom is 0.152 e. The molecule has 3 heteroatoms. The third-order valence-corrected chi connectivity index (χ3v) is 3.49. The van der Waals surface area contributed by atoms with Gasteiger partial charge in [-0.15, -0.1) is 0 Å². The summed E-state index contributed by atoms with van der Waals surface area (Å²) in [6.07, 6.45) is 9.89. The molecule has 0 N–H and O–H groups in total. The highest BCUT2D eigenvalue weighted by molar-refractivity contribution is 5.39. The number of pyridine rings is 1. The van der Waals surface area contributed by atoms with E-state index < -0.39 is 0 Å². The Balaban J connectivity index is 2.45. The molecule has 1 atom stereocenters. The molecule has 1 aromatic carbocycles. The van der Waals surface area contributed by atoms with Crippen LogP contribution in [0.2, 0.25) is 0 Å². The number of hydrogen-bond donors (Lipinski definition) is 0. The Morgan fingerprint density at radius 1 is 1.30 bits per heavy atom. The Hall–Kier alpha value is -2.68. The van der Waals surface area contributed by atoms with E-state index in [4.69, 9.17) is 4.74 Å². The van der Waals surface area contributed by atoms with Crippen molar-refractivity contribution in [2.45, 2.75) is 26.4 Å². The van der Waals surface area contributed by atoms with Gasteiger partial charge in [-0.05, 0) is 37.8 Å². The largest absolute Gasteiger partial charge is 0.481 e. The number of ether oxygens (including phenoxy) is 1. The summed E-state index contributed by atoms with van der Waals surface area (Å²) < 4.78 is 6.34. The van der Waals surface area contributed by atoms with Crippen LogP contribution < -0.4 is 4.74 Å². The smallest absolute Gasteiger partial charge is 0.152 e. The van der Waals surface area contributed by atoms with Gasteiger partial charge < -0.3 is 4.74 Å². The predicted molar refractivity (Wildman–Crippen MR) is 95.9 cm³/mol. The molecular weight excluding hydrogens is 284 g/mol. The monoisotopic (exact) mass is 306 g/mol. The summed E-state index contributed by atoms with van der Waals surface area (Å²) in [7, 11) is 0. The van der Waals surface area contributed by atoms with Crippen molar-refractivity contribution >= 4 is 6.72 Å². The van der Waals surface area contributed by atoms with Crippen LogP contribution in [0.4, 0.5) is 0 Å². The third-order valence-electron chi connectivity index (χ3n) is 3.49. The maximum absolute atomic E-state index is 6.34. The summed E-state index contributed by atoms with van der Waals surface area (Å²) in [6, 6.07) is 12.0. The highest BCUT2D eigenvalue weighted by Gasteiger charge is 2.18. The highest BCUT2D eigenvalue weighted by atomic mass is 16.5. The van der Waals surface area contributed by atoms with Gasteiger partial charge in [0.25, 0.3) is 0 Å². The Bertz CT molecular complexity index is 690. The second kappa shape index (κ2) is 8.69. The lowest BCUT2D eigenvalue weighted by Gasteiger charge is -2.22. The van der Waals surface area contributed by atoms with Gasteiger partial charge in [-0.2, -0.15) is 0 Å². The fourth-order valence-electron chi connectivity index (χ4n) is 2.39. The molecule has 0 radical (unpaired) electrons. The highest BCUT2D eigenvalue weighted by Crippen LogP contribution is 2.31. The number of aromatic nitrogens is 1. The number of nitrogens with zero attached hydrogens (tertiary/aromatic N) is 2. The lowest BCUT2D eigenvalue weighted by atomic mass is 10.0. The first-order chi connectivity index (χ1) is 11.3. The Kier molecular flexibility index (Phi) is 6.30. The predicted octanol–water partition coefficient (Wildman–Crippen LogP) is 4.92. The summed E-state index contributed by atoms with van der Waals surface area (Å²) in [5, 5.41) is 0. The summed E-state index contributed by atoms with van der Waals surface area (Å²) >= 11 is 0. The quantitative estimate of drug-likeness (QED) is 0.537. The number of hydrogen-bond acceptors (Lipinski definition) is 3. The van der Waals surface area contributed by atoms with Crippen LogP contribution in [-0.4, -0.2) is 11.7 Å². The minimum atomic E-state index is -0.280. The van der Waals surface area contributed by atoms with Crippen molar-refractivity contribution in [1.29, 1.82) is 0 Å². The molecule has 2 rings (SSSR count). The van der Waals surface area contributed by atoms with Crippen LogP contribution in [0.25, 0.3) is 0 Å². The summed E-state index contributed by atoms with van der Waals surface area (Å²) in [6.45, 7) is 7.66. The van der Waals surface area contributed by atoms with Crippen molar-refractivity contribution in [3.05, 3.63) is 83.8 Å². The van der Waals surface area contributed by atoms with Gasteiger partial charge in [0.15, 0.2) is 6.10 Å². The van der Waals surface area contributed by atoms with Crippen LogP contribution in [0.15, 0.2) is 77.7 Å². The molecule has 3 nitrogen and oxygen atoms in total. The SMILES string of the molecule is C=N/C=C(\C=C/C)C(Oc1ccccc1CC)c1cccnc1. The van der Waals surface area contributed by atoms with Crippen molar-refractivity contribution in [2.24, 2.45) is 4.99 Å². The van der Waals surface area contributed by atoms with E-state index in [-0.39, 0.29) is 6.10 Å². The molecule has 0 saturated heterocycles. The van der Waals surface area contributed by atoms with E-state index in [1.54, 1.807) is 12.4 Å². The molecule has 1 heterocycles. The normalized spacial score (nSPS) is 13.0. The maximum atomic E-state index is 6.34. The third kappa shape index (κ3) is 4.39. The van der Waals surface area contributed by atoms with Crippen molar-refractivity contribution < 1.29 is 4.74 Å². The average molecular weight is 306 g/mol. The van der Waals surface area contributed by atoms with E-state index in [1.807, 2.05) is 55.6 Å². The van der Waals surface area contributed by atoms with Crippen LogP contribution in [0.1, 0.15) is 31.1 Å². The first kappa shape index (κ1) is 16.7. The fourth-order valence-corrected chi connectivity index (χ4v) is 2.39. The molecule has 0 aliphatic carbocycles. The standard InChI is InChI=1S/C20H22N2O/c1-4-9-17(14-21-3)20(18-11-8-13-22-15-18)23-19-12-7-6-10-16(19)5-2/h4,6-15,20H,3,5H2,1-2H3/b9-4-,17-14+. The number of aryl methyl sites for hydroxylation is 1. The molecule has 118 valence electrons. The molecule has 0 amide bonds. The van der Waals surface area contributed by atoms with Crippen molar-refractivity contribution in [3.8, 4) is 5.75 Å². The molecule has 0 aliphatic rings. The minimum Gasteiger partial charge on any atom is -0.481 e. The Labute approximate surface area is 138 Å². The fraction of sp³-hybridized carbons (Fsp3) is 0.200. The van der Waals surface area contributed by atoms with Crippen LogP contribution >= 0.6 is 0 Å². The molecule has 1 unspecified atom stereocenters. The zero-order valence-corrected chi connectivity index (χ0v) is 13.6. The van der Waals surface area contributed by atoms with Gasteiger partial charge in [-0.25, -0.2) is 0 Å². The summed E-state index contributed by atoms with van der Waals surface area (Å²) in [5.74, 6) is 0.878. The van der Waals surface area contributed by atoms with E-state index in [0.29, 0.717) is 0 Å². The van der Waals surface area contributed by atoms with Crippen LogP contribution in [0.5, 0.6) is 5.75 Å². The van der Waals surface area contributed by atoms with Crippen LogP contribution in [0, 0.1) is 0 Å². The molecule has 0 aliphatic heterocycles. The van der Waals surface area contributed by atoms with Crippen LogP contribution in [-0.2, 0) is 6.42 Å². The van der Waals surface area contributed by atoms with Gasteiger partial charge in [0.1, 0.15) is 5.75 Å². The number of para-hydroxylation sites is 1. The molecule has 0 bridgehead atoms. The summed E-state index contributed by atoms with van der Waals surface area (Å²) in [5.41, 5.74) is 3.08. The van der Waals surface area contributed by atoms with Gasteiger partial charge in [0, 0.05) is 29.7 Å². The van der Waals surface area contributed by atoms with E-state index in [0.717, 1.165) is 23.3 Å². The molecular formula is C20H22N2O. The second-order valence-electron chi connectivity index (χ2n) is 5.06. The lowest BCUT2D eigenvalue weighted by Crippen LogP contribution is -2.11. The minimum absolute atomic E-state index is 0.280. The van der Waals surface area contributed by atoms with Crippen molar-refractivity contribution in [2.75, 3.05) is 0 Å². The van der Waals surface area contributed by atoms with Gasteiger partial charge in [0.2, 0.25) is 0 Å². The second-order valence-corrected chi connectivity index (χ2v) is 5.06. The Morgan fingerprint density at radius 3 is 2.78 bits per heavy atom. The number of benzene rings is 1. The molecule has 0 spiro atoms. The van der Waals surface area contributed by atoms with Gasteiger partial charge >= 0.3 is 0 Å². The number of rotatable bonds is 7. The van der Waals surface area contributed by atoms with Gasteiger partial charge in [-0.1, -0.05) is 43.3 Å². The van der Waals surface area contributed by atoms with E-state index in [2.05, 4.69) is 29.7 Å². The summed E-state index contributed by atoms with van der Waals surface area (Å²) in [4.78, 5) is 8.14. The number of allylic oxidation sites excluding steroid dienone is 1. The van der Waals surface area contributed by atoms with Gasteiger partial charge in [0.05, 0.1) is 0 Å². The first-order valence-corrected chi connectivity index (χ1v) is 7.73. The van der Waals surface area contributed by atoms with E-state index >= 15 is 0 Å². The van der Waals surface area contributed by atoms with Crippen LogP contribution in [0.3, 0.4) is 0 Å². The van der Waals surface area contributed by atoms with E-state index in [1.165, 1.54) is 5.56 Å². The molecule has 0 saturated carbocycles. The van der Waals surface area contributed by atoms with Crippen molar-refractivity contribution in [3.63, 3.8) is 0 Å². The molecule has 1 aromatic heterocycles. The average Bonchev–Trinajstić information content (AvgIpc) is 2.60.